The van der Waals surface area contributed by atoms with E-state index in [4.69, 9.17) is 9.97 Å². The van der Waals surface area contributed by atoms with E-state index in [1.165, 1.54) is 24.8 Å². The first kappa shape index (κ1) is 20.4. The third kappa shape index (κ3) is 4.72. The van der Waals surface area contributed by atoms with Crippen LogP contribution in [-0.4, -0.2) is 40.8 Å². The summed E-state index contributed by atoms with van der Waals surface area (Å²) >= 11 is 0. The number of aliphatic hydroxyl groups excluding tert-OH is 1. The fourth-order valence-electron chi connectivity index (χ4n) is 3.66. The van der Waals surface area contributed by atoms with Crippen molar-refractivity contribution in [2.45, 2.75) is 31.7 Å². The topological polar surface area (TPSA) is 61.3 Å². The van der Waals surface area contributed by atoms with Crippen LogP contribution in [0.15, 0.2) is 54.6 Å². The number of rotatable bonds is 6. The second kappa shape index (κ2) is 9.71. The van der Waals surface area contributed by atoms with Crippen LogP contribution in [0.25, 0.3) is 10.9 Å². The lowest BCUT2D eigenvalue weighted by Crippen LogP contribution is -2.32. The maximum absolute atomic E-state index is 9.92. The lowest BCUT2D eigenvalue weighted by atomic mass is 10.1. The molecule has 1 saturated heterocycles. The van der Waals surface area contributed by atoms with E-state index in [0.717, 1.165) is 42.2 Å². The number of anilines is 2. The van der Waals surface area contributed by atoms with Crippen LogP contribution in [0.2, 0.25) is 0 Å². The van der Waals surface area contributed by atoms with Crippen molar-refractivity contribution < 1.29 is 5.11 Å². The number of fused-ring (bicyclic) bond motifs is 1. The van der Waals surface area contributed by atoms with Gasteiger partial charge in [0.05, 0.1) is 18.2 Å². The number of piperidine rings is 1. The van der Waals surface area contributed by atoms with Crippen LogP contribution >= 0.6 is 12.4 Å². The highest BCUT2D eigenvalue weighted by atomic mass is 35.5. The third-order valence-electron chi connectivity index (χ3n) is 5.12. The minimum absolute atomic E-state index is 0. The number of hydrogen-bond donors (Lipinski definition) is 2. The zero-order valence-corrected chi connectivity index (χ0v) is 16.7. The normalized spacial score (nSPS) is 15.1. The Hall–Kier alpha value is -2.37. The summed E-state index contributed by atoms with van der Waals surface area (Å²) in [6, 6.07) is 18.2. The van der Waals surface area contributed by atoms with Gasteiger partial charge in [0.15, 0.2) is 0 Å². The first-order chi connectivity index (χ1) is 13.3. The minimum Gasteiger partial charge on any atom is -0.394 e. The molecule has 1 aromatic heterocycles. The van der Waals surface area contributed by atoms with Gasteiger partial charge in [-0.3, -0.25) is 0 Å². The summed E-state index contributed by atoms with van der Waals surface area (Å²) < 4.78 is 0. The standard InChI is InChI=1S/C22H26N4O.ClH/c27-16-18(15-17-9-3-1-4-10-17)23-21-19-11-5-6-12-20(19)24-22(25-21)26-13-7-2-8-14-26;/h1,3-6,9-12,18,27H,2,7-8,13-16H2,(H,23,24,25);1H/t18-;/m0./s1. The van der Waals surface area contributed by atoms with Crippen molar-refractivity contribution in [2.75, 3.05) is 29.9 Å². The highest BCUT2D eigenvalue weighted by molar-refractivity contribution is 5.90. The zero-order chi connectivity index (χ0) is 18.5. The number of hydrogen-bond acceptors (Lipinski definition) is 5. The summed E-state index contributed by atoms with van der Waals surface area (Å²) in [5.74, 6) is 1.59. The quantitative estimate of drug-likeness (QED) is 0.655. The molecule has 3 aromatic rings. The number of benzene rings is 2. The van der Waals surface area contributed by atoms with Crippen molar-refractivity contribution in [3.8, 4) is 0 Å². The van der Waals surface area contributed by atoms with Crippen molar-refractivity contribution in [1.29, 1.82) is 0 Å². The van der Waals surface area contributed by atoms with E-state index in [1.807, 2.05) is 42.5 Å². The van der Waals surface area contributed by atoms with Gasteiger partial charge in [-0.2, -0.15) is 4.98 Å². The second-order valence-corrected chi connectivity index (χ2v) is 7.15. The molecular formula is C22H27ClN4O. The van der Waals surface area contributed by atoms with Crippen molar-refractivity contribution in [3.63, 3.8) is 0 Å². The van der Waals surface area contributed by atoms with Gasteiger partial charge in [-0.1, -0.05) is 42.5 Å². The average molecular weight is 399 g/mol. The van der Waals surface area contributed by atoms with E-state index < -0.39 is 0 Å². The van der Waals surface area contributed by atoms with Crippen LogP contribution in [0, 0.1) is 0 Å². The molecule has 2 aromatic carbocycles. The van der Waals surface area contributed by atoms with Gasteiger partial charge in [-0.25, -0.2) is 4.98 Å². The number of nitrogens with zero attached hydrogens (tertiary/aromatic N) is 3. The maximum atomic E-state index is 9.92. The third-order valence-corrected chi connectivity index (χ3v) is 5.12. The van der Waals surface area contributed by atoms with Crippen LogP contribution in [0.5, 0.6) is 0 Å². The van der Waals surface area contributed by atoms with Gasteiger partial charge in [-0.05, 0) is 43.4 Å². The van der Waals surface area contributed by atoms with Gasteiger partial charge in [0.25, 0.3) is 0 Å². The van der Waals surface area contributed by atoms with E-state index in [1.54, 1.807) is 0 Å². The zero-order valence-electron chi connectivity index (χ0n) is 15.9. The van der Waals surface area contributed by atoms with Crippen LogP contribution in [0.1, 0.15) is 24.8 Å². The maximum Gasteiger partial charge on any atom is 0.227 e. The number of nitrogens with one attached hydrogen (secondary N) is 1. The van der Waals surface area contributed by atoms with Crippen molar-refractivity contribution in [2.24, 2.45) is 0 Å². The molecule has 0 unspecified atom stereocenters. The Bertz CT molecular complexity index is 884. The monoisotopic (exact) mass is 398 g/mol. The molecule has 28 heavy (non-hydrogen) atoms. The van der Waals surface area contributed by atoms with Crippen LogP contribution in [-0.2, 0) is 6.42 Å². The Kier molecular flexibility index (Phi) is 7.06. The first-order valence-corrected chi connectivity index (χ1v) is 9.76. The number of para-hydroxylation sites is 1. The average Bonchev–Trinajstić information content (AvgIpc) is 2.74. The van der Waals surface area contributed by atoms with Crippen LogP contribution < -0.4 is 10.2 Å². The molecule has 0 aliphatic carbocycles. The van der Waals surface area contributed by atoms with E-state index in [2.05, 4.69) is 22.3 Å². The number of halogens is 1. The van der Waals surface area contributed by atoms with Gasteiger partial charge in [0.1, 0.15) is 5.82 Å². The lowest BCUT2D eigenvalue weighted by molar-refractivity contribution is 0.273. The minimum atomic E-state index is -0.0973. The van der Waals surface area contributed by atoms with Crippen molar-refractivity contribution >= 4 is 35.1 Å². The smallest absolute Gasteiger partial charge is 0.227 e. The summed E-state index contributed by atoms with van der Waals surface area (Å²) in [5, 5.41) is 14.4. The van der Waals surface area contributed by atoms with E-state index in [9.17, 15) is 5.11 Å². The van der Waals surface area contributed by atoms with Crippen molar-refractivity contribution in [1.82, 2.24) is 9.97 Å². The molecule has 148 valence electrons. The highest BCUT2D eigenvalue weighted by Crippen LogP contribution is 2.26. The van der Waals surface area contributed by atoms with Crippen LogP contribution in [0.3, 0.4) is 0 Å². The Balaban J connectivity index is 0.00000225. The predicted molar refractivity (Wildman–Crippen MR) is 117 cm³/mol. The van der Waals surface area contributed by atoms with E-state index in [-0.39, 0.29) is 25.1 Å². The Morgan fingerprint density at radius 2 is 1.64 bits per heavy atom. The molecule has 1 aliphatic heterocycles. The molecule has 0 radical (unpaired) electrons. The van der Waals surface area contributed by atoms with Gasteiger partial charge in [0, 0.05) is 18.5 Å². The molecule has 1 fully saturated rings. The summed E-state index contributed by atoms with van der Waals surface area (Å²) in [5.41, 5.74) is 2.13. The summed E-state index contributed by atoms with van der Waals surface area (Å²) in [4.78, 5) is 11.9. The fraction of sp³-hybridized carbons (Fsp3) is 0.364. The number of aromatic nitrogens is 2. The van der Waals surface area contributed by atoms with Gasteiger partial charge in [-0.15, -0.1) is 12.4 Å². The van der Waals surface area contributed by atoms with Gasteiger partial charge >= 0.3 is 0 Å². The van der Waals surface area contributed by atoms with Gasteiger partial charge < -0.3 is 15.3 Å². The highest BCUT2D eigenvalue weighted by Gasteiger charge is 2.18. The van der Waals surface area contributed by atoms with Crippen LogP contribution in [0.4, 0.5) is 11.8 Å². The molecular weight excluding hydrogens is 372 g/mol. The molecule has 1 aliphatic rings. The largest absolute Gasteiger partial charge is 0.394 e. The summed E-state index contributed by atoms with van der Waals surface area (Å²) in [6.07, 6.45) is 4.39. The second-order valence-electron chi connectivity index (χ2n) is 7.15. The Labute approximate surface area is 172 Å². The summed E-state index contributed by atoms with van der Waals surface area (Å²) in [6.45, 7) is 2.06. The molecule has 0 spiro atoms. The number of aliphatic hydroxyl groups is 1. The molecule has 4 rings (SSSR count). The molecule has 2 heterocycles. The molecule has 6 heteroatoms. The molecule has 0 bridgehead atoms. The Morgan fingerprint density at radius 1 is 0.929 bits per heavy atom. The lowest BCUT2D eigenvalue weighted by Gasteiger charge is -2.27. The Morgan fingerprint density at radius 3 is 2.39 bits per heavy atom. The van der Waals surface area contributed by atoms with Crippen molar-refractivity contribution in [3.05, 3.63) is 60.2 Å². The van der Waals surface area contributed by atoms with Gasteiger partial charge in [0.2, 0.25) is 5.95 Å². The predicted octanol–water partition coefficient (Wildman–Crippen LogP) is 4.06. The van der Waals surface area contributed by atoms with E-state index >= 15 is 0 Å². The molecule has 5 nitrogen and oxygen atoms in total. The molecule has 1 atom stereocenters. The molecule has 0 saturated carbocycles. The molecule has 2 N–H and O–H groups in total. The fourth-order valence-corrected chi connectivity index (χ4v) is 3.66. The summed E-state index contributed by atoms with van der Waals surface area (Å²) in [7, 11) is 0. The SMILES string of the molecule is Cl.OC[C@H](Cc1ccccc1)Nc1nc(N2CCCCC2)nc2ccccc12. The first-order valence-electron chi connectivity index (χ1n) is 9.76. The van der Waals surface area contributed by atoms with E-state index in [0.29, 0.717) is 0 Å². The molecule has 0 amide bonds.